The number of aromatic carboxylic acids is 1. The zero-order valence-electron chi connectivity index (χ0n) is 10.1. The predicted molar refractivity (Wildman–Crippen MR) is 64.2 cm³/mol. The molecule has 4 heteroatoms. The number of benzene rings is 1. The summed E-state index contributed by atoms with van der Waals surface area (Å²) >= 11 is 0. The fourth-order valence-electron chi connectivity index (χ4n) is 1.61. The van der Waals surface area contributed by atoms with Crippen LogP contribution >= 0.6 is 0 Å². The summed E-state index contributed by atoms with van der Waals surface area (Å²) in [5.74, 6) is 0.180. The molecule has 1 N–H and O–H groups in total. The number of carboxylic acids is 1. The topological polar surface area (TPSA) is 63.3 Å². The summed E-state index contributed by atoms with van der Waals surface area (Å²) in [5.41, 5.74) is 1.13. The molecule has 90 valence electrons. The SMILES string of the molecule is CC(C)C(C)c1nc2cccc(C(=O)O)c2o1. The highest BCUT2D eigenvalue weighted by Gasteiger charge is 2.19. The van der Waals surface area contributed by atoms with E-state index in [0.29, 0.717) is 22.9 Å². The van der Waals surface area contributed by atoms with Crippen molar-refractivity contribution in [3.63, 3.8) is 0 Å². The molecule has 1 atom stereocenters. The molecule has 0 amide bonds. The third-order valence-corrected chi connectivity index (χ3v) is 3.05. The van der Waals surface area contributed by atoms with Gasteiger partial charge in [0.15, 0.2) is 11.5 Å². The van der Waals surface area contributed by atoms with Crippen LogP contribution in [0, 0.1) is 5.92 Å². The van der Waals surface area contributed by atoms with Crippen molar-refractivity contribution in [2.24, 2.45) is 5.92 Å². The summed E-state index contributed by atoms with van der Waals surface area (Å²) in [7, 11) is 0. The number of nitrogens with zero attached hydrogens (tertiary/aromatic N) is 1. The summed E-state index contributed by atoms with van der Waals surface area (Å²) in [6, 6.07) is 4.97. The van der Waals surface area contributed by atoms with Gasteiger partial charge in [-0.2, -0.15) is 0 Å². The minimum absolute atomic E-state index is 0.164. The molecule has 4 nitrogen and oxygen atoms in total. The van der Waals surface area contributed by atoms with E-state index in [9.17, 15) is 4.79 Å². The first kappa shape index (κ1) is 11.6. The Bertz CT molecular complexity index is 557. The van der Waals surface area contributed by atoms with Gasteiger partial charge in [-0.3, -0.25) is 0 Å². The quantitative estimate of drug-likeness (QED) is 0.883. The molecule has 17 heavy (non-hydrogen) atoms. The van der Waals surface area contributed by atoms with E-state index in [1.54, 1.807) is 12.1 Å². The van der Waals surface area contributed by atoms with Crippen LogP contribution in [0.2, 0.25) is 0 Å². The molecular formula is C13H15NO3. The van der Waals surface area contributed by atoms with Crippen LogP contribution < -0.4 is 0 Å². The number of para-hydroxylation sites is 1. The Kier molecular flexibility index (Phi) is 2.88. The largest absolute Gasteiger partial charge is 0.478 e. The molecule has 2 aromatic rings. The second-order valence-electron chi connectivity index (χ2n) is 4.54. The van der Waals surface area contributed by atoms with Crippen molar-refractivity contribution in [2.75, 3.05) is 0 Å². The molecule has 1 aromatic carbocycles. The van der Waals surface area contributed by atoms with Crippen LogP contribution in [0.4, 0.5) is 0 Å². The zero-order chi connectivity index (χ0) is 12.6. The third-order valence-electron chi connectivity index (χ3n) is 3.05. The Hall–Kier alpha value is -1.84. The Morgan fingerprint density at radius 2 is 2.06 bits per heavy atom. The van der Waals surface area contributed by atoms with Gasteiger partial charge in [-0.1, -0.05) is 26.8 Å². The lowest BCUT2D eigenvalue weighted by Gasteiger charge is -2.09. The highest BCUT2D eigenvalue weighted by molar-refractivity contribution is 5.99. The number of hydrogen-bond acceptors (Lipinski definition) is 3. The van der Waals surface area contributed by atoms with E-state index in [1.165, 1.54) is 6.07 Å². The van der Waals surface area contributed by atoms with Crippen LogP contribution in [0.15, 0.2) is 22.6 Å². The second-order valence-corrected chi connectivity index (χ2v) is 4.54. The first-order chi connectivity index (χ1) is 8.00. The van der Waals surface area contributed by atoms with Crippen molar-refractivity contribution in [3.8, 4) is 0 Å². The van der Waals surface area contributed by atoms with Crippen LogP contribution in [0.5, 0.6) is 0 Å². The monoisotopic (exact) mass is 233 g/mol. The highest BCUT2D eigenvalue weighted by atomic mass is 16.4. The van der Waals surface area contributed by atoms with Gasteiger partial charge in [0.05, 0.1) is 0 Å². The first-order valence-corrected chi connectivity index (χ1v) is 5.63. The molecule has 1 heterocycles. The molecule has 0 aliphatic heterocycles. The second kappa shape index (κ2) is 4.20. The van der Waals surface area contributed by atoms with Gasteiger partial charge in [-0.15, -0.1) is 0 Å². The lowest BCUT2D eigenvalue weighted by Crippen LogP contribution is -2.01. The highest BCUT2D eigenvalue weighted by Crippen LogP contribution is 2.28. The molecule has 0 radical (unpaired) electrons. The molecule has 0 saturated heterocycles. The molecule has 0 fully saturated rings. The minimum Gasteiger partial charge on any atom is -0.478 e. The Labute approximate surface area is 99.3 Å². The van der Waals surface area contributed by atoms with E-state index < -0.39 is 5.97 Å². The summed E-state index contributed by atoms with van der Waals surface area (Å²) in [5, 5.41) is 9.05. The van der Waals surface area contributed by atoms with E-state index >= 15 is 0 Å². The van der Waals surface area contributed by atoms with Gasteiger partial charge in [-0.05, 0) is 18.1 Å². The molecule has 2 rings (SSSR count). The van der Waals surface area contributed by atoms with Crippen molar-refractivity contribution >= 4 is 17.1 Å². The van der Waals surface area contributed by atoms with E-state index in [-0.39, 0.29) is 11.5 Å². The lowest BCUT2D eigenvalue weighted by atomic mass is 9.98. The average molecular weight is 233 g/mol. The van der Waals surface area contributed by atoms with E-state index in [4.69, 9.17) is 9.52 Å². The van der Waals surface area contributed by atoms with Gasteiger partial charge in [0, 0.05) is 5.92 Å². The summed E-state index contributed by atoms with van der Waals surface area (Å²) in [6.45, 7) is 6.19. The third kappa shape index (κ3) is 2.02. The van der Waals surface area contributed by atoms with E-state index in [2.05, 4.69) is 18.8 Å². The van der Waals surface area contributed by atoms with Crippen molar-refractivity contribution in [2.45, 2.75) is 26.7 Å². The van der Waals surface area contributed by atoms with Crippen LogP contribution in [0.3, 0.4) is 0 Å². The molecule has 0 saturated carbocycles. The number of oxazole rings is 1. The lowest BCUT2D eigenvalue weighted by molar-refractivity contribution is 0.0698. The molecule has 0 aliphatic rings. The number of carbonyl (C=O) groups is 1. The van der Waals surface area contributed by atoms with E-state index in [1.807, 2.05) is 6.92 Å². The first-order valence-electron chi connectivity index (χ1n) is 5.63. The average Bonchev–Trinajstić information content (AvgIpc) is 2.70. The Morgan fingerprint density at radius 3 is 2.65 bits per heavy atom. The smallest absolute Gasteiger partial charge is 0.339 e. The maximum atomic E-state index is 11.0. The fourth-order valence-corrected chi connectivity index (χ4v) is 1.61. The van der Waals surface area contributed by atoms with E-state index in [0.717, 1.165) is 0 Å². The number of hydrogen-bond donors (Lipinski definition) is 1. The summed E-state index contributed by atoms with van der Waals surface area (Å²) in [6.07, 6.45) is 0. The Balaban J connectivity index is 2.57. The van der Waals surface area contributed by atoms with Gasteiger partial charge in [0.2, 0.25) is 0 Å². The van der Waals surface area contributed by atoms with Gasteiger partial charge in [-0.25, -0.2) is 9.78 Å². The molecular weight excluding hydrogens is 218 g/mol. The van der Waals surface area contributed by atoms with Crippen LogP contribution in [0.1, 0.15) is 42.9 Å². The number of fused-ring (bicyclic) bond motifs is 1. The van der Waals surface area contributed by atoms with Crippen molar-refractivity contribution in [3.05, 3.63) is 29.7 Å². The molecule has 1 aromatic heterocycles. The maximum absolute atomic E-state index is 11.0. The molecule has 0 aliphatic carbocycles. The van der Waals surface area contributed by atoms with Crippen molar-refractivity contribution < 1.29 is 14.3 Å². The number of aromatic nitrogens is 1. The van der Waals surface area contributed by atoms with Gasteiger partial charge in [0.25, 0.3) is 0 Å². The predicted octanol–water partition coefficient (Wildman–Crippen LogP) is 3.29. The molecule has 0 bridgehead atoms. The van der Waals surface area contributed by atoms with Gasteiger partial charge < -0.3 is 9.52 Å². The zero-order valence-corrected chi connectivity index (χ0v) is 10.1. The number of carboxylic acid groups (broad SMARTS) is 1. The summed E-state index contributed by atoms with van der Waals surface area (Å²) < 4.78 is 5.59. The number of rotatable bonds is 3. The standard InChI is InChI=1S/C13H15NO3/c1-7(2)8(3)12-14-10-6-4-5-9(13(15)16)11(10)17-12/h4-8H,1-3H3,(H,15,16). The maximum Gasteiger partial charge on any atom is 0.339 e. The molecule has 1 unspecified atom stereocenters. The molecule has 0 spiro atoms. The van der Waals surface area contributed by atoms with Gasteiger partial charge in [0.1, 0.15) is 11.1 Å². The van der Waals surface area contributed by atoms with Crippen molar-refractivity contribution in [1.29, 1.82) is 0 Å². The van der Waals surface area contributed by atoms with Crippen LogP contribution in [0.25, 0.3) is 11.1 Å². The summed E-state index contributed by atoms with van der Waals surface area (Å²) in [4.78, 5) is 15.4. The van der Waals surface area contributed by atoms with Crippen LogP contribution in [-0.2, 0) is 0 Å². The van der Waals surface area contributed by atoms with Crippen LogP contribution in [-0.4, -0.2) is 16.1 Å². The fraction of sp³-hybridized carbons (Fsp3) is 0.385. The van der Waals surface area contributed by atoms with Crippen molar-refractivity contribution in [1.82, 2.24) is 4.98 Å². The Morgan fingerprint density at radius 1 is 1.35 bits per heavy atom. The minimum atomic E-state index is -0.990. The van der Waals surface area contributed by atoms with Gasteiger partial charge >= 0.3 is 5.97 Å². The normalized spacial score (nSPS) is 13.2.